The monoisotopic (exact) mass is 173 g/mol. The maximum absolute atomic E-state index is 10.8. The Balaban J connectivity index is 4.38. The predicted molar refractivity (Wildman–Crippen MR) is 45.5 cm³/mol. The fourth-order valence-electron chi connectivity index (χ4n) is 1.07. The van der Waals surface area contributed by atoms with Gasteiger partial charge in [0.05, 0.1) is 0 Å². The number of carbonyl (C=O) groups is 1. The molecule has 1 unspecified atom stereocenters. The van der Waals surface area contributed by atoms with E-state index in [0.29, 0.717) is 0 Å². The van der Waals surface area contributed by atoms with Crippen molar-refractivity contribution in [2.45, 2.75) is 40.2 Å². The normalized spacial score (nSPS) is 14.0. The third kappa shape index (κ3) is 2.98. The summed E-state index contributed by atoms with van der Waals surface area (Å²) in [4.78, 5) is 20.8. The number of Topliss-reactive ketones (excluding diaryl/α,β-unsaturated/α-hetero) is 1. The Labute approximate surface area is 72.1 Å². The van der Waals surface area contributed by atoms with Gasteiger partial charge in [-0.05, 0) is 6.92 Å². The molecule has 0 saturated carbocycles. The predicted octanol–water partition coefficient (Wildman–Crippen LogP) is 1.66. The van der Waals surface area contributed by atoms with Crippen LogP contribution >= 0.6 is 0 Å². The molecule has 4 nitrogen and oxygen atoms in total. The molecular weight excluding hydrogens is 158 g/mol. The van der Waals surface area contributed by atoms with E-state index in [-0.39, 0.29) is 17.1 Å². The van der Waals surface area contributed by atoms with Crippen molar-refractivity contribution in [3.63, 3.8) is 0 Å². The standard InChI is InChI=1S/C8H15NO3/c1-6(10)5-8(3,4)7(2)9(11)12/h7H,5H2,1-4H3. The fourth-order valence-corrected chi connectivity index (χ4v) is 1.07. The first-order valence-electron chi connectivity index (χ1n) is 3.90. The van der Waals surface area contributed by atoms with Crippen LogP contribution in [-0.4, -0.2) is 16.7 Å². The number of rotatable bonds is 4. The number of hydrogen-bond acceptors (Lipinski definition) is 3. The molecular formula is C8H15NO3. The Morgan fingerprint density at radius 2 is 2.00 bits per heavy atom. The van der Waals surface area contributed by atoms with Crippen molar-refractivity contribution in [1.82, 2.24) is 0 Å². The van der Waals surface area contributed by atoms with Crippen LogP contribution in [0.2, 0.25) is 0 Å². The molecule has 1 atom stereocenters. The summed E-state index contributed by atoms with van der Waals surface area (Å²) in [7, 11) is 0. The molecule has 0 bridgehead atoms. The first kappa shape index (κ1) is 11.1. The van der Waals surface area contributed by atoms with Gasteiger partial charge in [0.2, 0.25) is 6.04 Å². The molecule has 0 rings (SSSR count). The molecule has 4 heteroatoms. The average molecular weight is 173 g/mol. The molecule has 0 aliphatic heterocycles. The minimum atomic E-state index is -0.679. The van der Waals surface area contributed by atoms with Crippen molar-refractivity contribution in [3.8, 4) is 0 Å². The van der Waals surface area contributed by atoms with Crippen molar-refractivity contribution in [3.05, 3.63) is 10.1 Å². The molecule has 0 fully saturated rings. The van der Waals surface area contributed by atoms with Gasteiger partial charge in [-0.25, -0.2) is 0 Å². The van der Waals surface area contributed by atoms with Gasteiger partial charge in [-0.3, -0.25) is 10.1 Å². The lowest BCUT2D eigenvalue weighted by Gasteiger charge is -2.23. The van der Waals surface area contributed by atoms with Crippen LogP contribution in [-0.2, 0) is 4.79 Å². The summed E-state index contributed by atoms with van der Waals surface area (Å²) < 4.78 is 0. The summed E-state index contributed by atoms with van der Waals surface area (Å²) in [6.45, 7) is 6.46. The highest BCUT2D eigenvalue weighted by Gasteiger charge is 2.35. The molecule has 0 aromatic rings. The van der Waals surface area contributed by atoms with Crippen molar-refractivity contribution >= 4 is 5.78 Å². The zero-order valence-corrected chi connectivity index (χ0v) is 7.96. The number of nitro groups is 1. The SMILES string of the molecule is CC(=O)CC(C)(C)C(C)[N+](=O)[O-]. The van der Waals surface area contributed by atoms with Crippen molar-refractivity contribution < 1.29 is 9.72 Å². The number of hydrogen-bond donors (Lipinski definition) is 0. The molecule has 0 saturated heterocycles. The third-order valence-corrected chi connectivity index (χ3v) is 2.15. The minimum Gasteiger partial charge on any atom is -0.300 e. The second-order valence-corrected chi connectivity index (χ2v) is 3.83. The van der Waals surface area contributed by atoms with Gasteiger partial charge >= 0.3 is 0 Å². The Morgan fingerprint density at radius 1 is 1.58 bits per heavy atom. The van der Waals surface area contributed by atoms with E-state index in [4.69, 9.17) is 0 Å². The number of ketones is 1. The highest BCUT2D eigenvalue weighted by molar-refractivity contribution is 5.76. The van der Waals surface area contributed by atoms with Gasteiger partial charge < -0.3 is 4.79 Å². The van der Waals surface area contributed by atoms with Gasteiger partial charge in [-0.2, -0.15) is 0 Å². The van der Waals surface area contributed by atoms with Crippen LogP contribution in [0.1, 0.15) is 34.1 Å². The lowest BCUT2D eigenvalue weighted by molar-refractivity contribution is -0.535. The van der Waals surface area contributed by atoms with E-state index in [9.17, 15) is 14.9 Å². The molecule has 0 aromatic carbocycles. The molecule has 0 aliphatic carbocycles. The summed E-state index contributed by atoms with van der Waals surface area (Å²) in [5.41, 5.74) is -0.546. The van der Waals surface area contributed by atoms with Crippen LogP contribution in [0.5, 0.6) is 0 Å². The van der Waals surface area contributed by atoms with E-state index < -0.39 is 11.5 Å². The Morgan fingerprint density at radius 3 is 2.25 bits per heavy atom. The molecule has 0 amide bonds. The average Bonchev–Trinajstić information content (AvgIpc) is 1.82. The molecule has 12 heavy (non-hydrogen) atoms. The summed E-state index contributed by atoms with van der Waals surface area (Å²) in [6.07, 6.45) is 0.259. The largest absolute Gasteiger partial charge is 0.300 e. The van der Waals surface area contributed by atoms with E-state index in [1.165, 1.54) is 13.8 Å². The lowest BCUT2D eigenvalue weighted by atomic mass is 9.81. The maximum Gasteiger partial charge on any atom is 0.215 e. The highest BCUT2D eigenvalue weighted by Crippen LogP contribution is 2.26. The Kier molecular flexibility index (Phi) is 3.36. The van der Waals surface area contributed by atoms with Crippen LogP contribution in [0.3, 0.4) is 0 Å². The smallest absolute Gasteiger partial charge is 0.215 e. The summed E-state index contributed by atoms with van der Waals surface area (Å²) in [5.74, 6) is -0.00583. The number of nitrogens with zero attached hydrogens (tertiary/aromatic N) is 1. The van der Waals surface area contributed by atoms with Gasteiger partial charge in [0.1, 0.15) is 5.78 Å². The summed E-state index contributed by atoms with van der Waals surface area (Å²) in [6, 6.07) is -0.679. The molecule has 0 aliphatic rings. The third-order valence-electron chi connectivity index (χ3n) is 2.15. The molecule has 0 radical (unpaired) electrons. The van der Waals surface area contributed by atoms with Crippen LogP contribution in [0.25, 0.3) is 0 Å². The molecule has 0 spiro atoms. The fraction of sp³-hybridized carbons (Fsp3) is 0.875. The molecule has 0 heterocycles. The zero-order chi connectivity index (χ0) is 9.94. The van der Waals surface area contributed by atoms with Crippen molar-refractivity contribution in [2.24, 2.45) is 5.41 Å². The van der Waals surface area contributed by atoms with Crippen LogP contribution in [0, 0.1) is 15.5 Å². The van der Waals surface area contributed by atoms with E-state index in [1.807, 2.05) is 0 Å². The Bertz CT molecular complexity index is 198. The van der Waals surface area contributed by atoms with Gasteiger partial charge in [-0.15, -0.1) is 0 Å². The highest BCUT2D eigenvalue weighted by atomic mass is 16.6. The van der Waals surface area contributed by atoms with Crippen molar-refractivity contribution in [1.29, 1.82) is 0 Å². The molecule has 70 valence electrons. The van der Waals surface area contributed by atoms with Gasteiger partial charge in [0, 0.05) is 23.7 Å². The van der Waals surface area contributed by atoms with E-state index >= 15 is 0 Å². The van der Waals surface area contributed by atoms with E-state index in [1.54, 1.807) is 13.8 Å². The van der Waals surface area contributed by atoms with Gasteiger partial charge in [0.25, 0.3) is 0 Å². The summed E-state index contributed by atoms with van der Waals surface area (Å²) >= 11 is 0. The van der Waals surface area contributed by atoms with Crippen molar-refractivity contribution in [2.75, 3.05) is 0 Å². The van der Waals surface area contributed by atoms with Crippen LogP contribution < -0.4 is 0 Å². The van der Waals surface area contributed by atoms with E-state index in [2.05, 4.69) is 0 Å². The summed E-state index contributed by atoms with van der Waals surface area (Å²) in [5, 5.41) is 10.4. The topological polar surface area (TPSA) is 60.2 Å². The maximum atomic E-state index is 10.8. The first-order valence-corrected chi connectivity index (χ1v) is 3.90. The second-order valence-electron chi connectivity index (χ2n) is 3.83. The van der Waals surface area contributed by atoms with E-state index in [0.717, 1.165) is 0 Å². The lowest BCUT2D eigenvalue weighted by Crippen LogP contribution is -2.35. The quantitative estimate of drug-likeness (QED) is 0.479. The second kappa shape index (κ2) is 3.65. The molecule has 0 aromatic heterocycles. The zero-order valence-electron chi connectivity index (χ0n) is 7.96. The van der Waals surface area contributed by atoms with Gasteiger partial charge in [-0.1, -0.05) is 13.8 Å². The van der Waals surface area contributed by atoms with Crippen LogP contribution in [0.15, 0.2) is 0 Å². The molecule has 0 N–H and O–H groups in total. The van der Waals surface area contributed by atoms with Crippen LogP contribution in [0.4, 0.5) is 0 Å². The number of carbonyl (C=O) groups excluding carboxylic acids is 1. The Hall–Kier alpha value is -0.930. The van der Waals surface area contributed by atoms with Gasteiger partial charge in [0.15, 0.2) is 0 Å². The first-order chi connectivity index (χ1) is 5.27. The minimum absolute atomic E-state index is 0.00583.